The van der Waals surface area contributed by atoms with Crippen LogP contribution in [0.3, 0.4) is 0 Å². The zero-order chi connectivity index (χ0) is 14.7. The van der Waals surface area contributed by atoms with Crippen LogP contribution in [0.5, 0.6) is 0 Å². The Bertz CT molecular complexity index is 712. The minimum Gasteiger partial charge on any atom is -0.397 e. The highest BCUT2D eigenvalue weighted by atomic mass is 35.5. The van der Waals surface area contributed by atoms with Crippen molar-refractivity contribution < 1.29 is 4.79 Å². The summed E-state index contributed by atoms with van der Waals surface area (Å²) in [5, 5.41) is 2.92. The largest absolute Gasteiger partial charge is 0.397 e. The Kier molecular flexibility index (Phi) is 4.05. The van der Waals surface area contributed by atoms with Crippen molar-refractivity contribution in [2.24, 2.45) is 0 Å². The Morgan fingerprint density at radius 1 is 1.50 bits per heavy atom. The van der Waals surface area contributed by atoms with E-state index in [1.165, 1.54) is 12.4 Å². The maximum Gasteiger partial charge on any atom is 0.348 e. The lowest BCUT2D eigenvalue weighted by atomic mass is 10.2. The molecule has 0 aliphatic rings. The summed E-state index contributed by atoms with van der Waals surface area (Å²) in [4.78, 5) is 26.9. The zero-order valence-electron chi connectivity index (χ0n) is 10.8. The molecule has 3 N–H and O–H groups in total. The number of nitrogens with zero attached hydrogens (tertiary/aromatic N) is 2. The van der Waals surface area contributed by atoms with E-state index in [4.69, 9.17) is 17.3 Å². The lowest BCUT2D eigenvalue weighted by Gasteiger charge is -2.09. The zero-order valence-corrected chi connectivity index (χ0v) is 11.5. The van der Waals surface area contributed by atoms with Gasteiger partial charge >= 0.3 is 5.69 Å². The number of hydrogen-bond acceptors (Lipinski definition) is 4. The van der Waals surface area contributed by atoms with E-state index in [1.807, 2.05) is 13.0 Å². The van der Waals surface area contributed by atoms with E-state index in [0.717, 1.165) is 10.1 Å². The number of anilines is 2. The minimum absolute atomic E-state index is 0.181. The van der Waals surface area contributed by atoms with E-state index in [1.54, 1.807) is 12.1 Å². The van der Waals surface area contributed by atoms with Crippen LogP contribution in [-0.2, 0) is 11.3 Å². The molecule has 2 aromatic rings. The molecule has 0 spiro atoms. The molecule has 1 aromatic heterocycles. The SMILES string of the molecule is Cc1ccc(NC(=O)Cn2cc(Cl)cnc2=O)c(N)c1. The average Bonchev–Trinajstić information content (AvgIpc) is 2.37. The standard InChI is InChI=1S/C13H13ClN4O2/c1-8-2-3-11(10(15)4-8)17-12(19)7-18-6-9(14)5-16-13(18)20/h2-6H,7,15H2,1H3,(H,17,19). The number of hydrogen-bond donors (Lipinski definition) is 2. The maximum atomic E-state index is 11.9. The summed E-state index contributed by atoms with van der Waals surface area (Å²) in [7, 11) is 0. The number of nitrogens with one attached hydrogen (secondary N) is 1. The van der Waals surface area contributed by atoms with Crippen molar-refractivity contribution >= 4 is 28.9 Å². The molecule has 0 bridgehead atoms. The number of aromatic nitrogens is 2. The van der Waals surface area contributed by atoms with Gasteiger partial charge in [-0.25, -0.2) is 9.78 Å². The van der Waals surface area contributed by atoms with E-state index in [9.17, 15) is 9.59 Å². The van der Waals surface area contributed by atoms with Crippen LogP contribution in [0.25, 0.3) is 0 Å². The summed E-state index contributed by atoms with van der Waals surface area (Å²) in [6.07, 6.45) is 2.59. The van der Waals surface area contributed by atoms with Gasteiger partial charge in [-0.1, -0.05) is 17.7 Å². The number of nitrogens with two attached hydrogens (primary N) is 1. The summed E-state index contributed by atoms with van der Waals surface area (Å²) in [6.45, 7) is 1.72. The van der Waals surface area contributed by atoms with Crippen molar-refractivity contribution in [3.05, 3.63) is 51.7 Å². The molecule has 2 rings (SSSR count). The quantitative estimate of drug-likeness (QED) is 0.837. The van der Waals surface area contributed by atoms with E-state index in [2.05, 4.69) is 10.3 Å². The van der Waals surface area contributed by atoms with Crippen LogP contribution < -0.4 is 16.7 Å². The molecule has 7 heteroatoms. The molecule has 0 aliphatic heterocycles. The summed E-state index contributed by atoms with van der Waals surface area (Å²) >= 11 is 5.73. The molecular formula is C13H13ClN4O2. The summed E-state index contributed by atoms with van der Waals surface area (Å²) in [5.41, 5.74) is 7.23. The monoisotopic (exact) mass is 292 g/mol. The number of nitrogen functional groups attached to an aromatic ring is 1. The Morgan fingerprint density at radius 2 is 2.25 bits per heavy atom. The molecule has 0 radical (unpaired) electrons. The van der Waals surface area contributed by atoms with Gasteiger partial charge in [-0.2, -0.15) is 0 Å². The molecule has 0 unspecified atom stereocenters. The fraction of sp³-hybridized carbons (Fsp3) is 0.154. The number of rotatable bonds is 3. The highest BCUT2D eigenvalue weighted by molar-refractivity contribution is 6.30. The second kappa shape index (κ2) is 5.75. The van der Waals surface area contributed by atoms with Gasteiger partial charge in [-0.05, 0) is 24.6 Å². The van der Waals surface area contributed by atoms with Crippen LogP contribution in [-0.4, -0.2) is 15.5 Å². The summed E-state index contributed by atoms with van der Waals surface area (Å²) < 4.78 is 1.13. The number of benzene rings is 1. The van der Waals surface area contributed by atoms with Gasteiger partial charge in [-0.15, -0.1) is 0 Å². The van der Waals surface area contributed by atoms with Gasteiger partial charge in [0.05, 0.1) is 22.6 Å². The normalized spacial score (nSPS) is 10.3. The molecule has 20 heavy (non-hydrogen) atoms. The number of aryl methyl sites for hydroxylation is 1. The van der Waals surface area contributed by atoms with Gasteiger partial charge < -0.3 is 11.1 Å². The predicted octanol–water partition coefficient (Wildman–Crippen LogP) is 1.43. The smallest absolute Gasteiger partial charge is 0.348 e. The number of carbonyl (C=O) groups is 1. The minimum atomic E-state index is -0.540. The number of carbonyl (C=O) groups excluding carboxylic acids is 1. The lowest BCUT2D eigenvalue weighted by Crippen LogP contribution is -2.28. The van der Waals surface area contributed by atoms with Crippen LogP contribution in [0.2, 0.25) is 5.02 Å². The molecule has 0 fully saturated rings. The van der Waals surface area contributed by atoms with Crippen molar-refractivity contribution in [1.29, 1.82) is 0 Å². The van der Waals surface area contributed by atoms with Crippen LogP contribution in [0.15, 0.2) is 35.4 Å². The molecule has 0 saturated carbocycles. The second-order valence-corrected chi connectivity index (χ2v) is 4.76. The topological polar surface area (TPSA) is 90.0 Å². The second-order valence-electron chi connectivity index (χ2n) is 4.32. The number of halogens is 1. The van der Waals surface area contributed by atoms with Gasteiger partial charge in [0.15, 0.2) is 0 Å². The molecule has 1 heterocycles. The van der Waals surface area contributed by atoms with Crippen molar-refractivity contribution in [2.75, 3.05) is 11.1 Å². The van der Waals surface area contributed by atoms with Crippen LogP contribution in [0.1, 0.15) is 5.56 Å². The molecule has 6 nitrogen and oxygen atoms in total. The Balaban J connectivity index is 2.13. The van der Waals surface area contributed by atoms with E-state index >= 15 is 0 Å². The third-order valence-electron chi connectivity index (χ3n) is 2.62. The molecule has 0 saturated heterocycles. The molecule has 104 valence electrons. The van der Waals surface area contributed by atoms with Gasteiger partial charge in [0.2, 0.25) is 5.91 Å². The maximum absolute atomic E-state index is 11.9. The van der Waals surface area contributed by atoms with Crippen molar-refractivity contribution in [3.63, 3.8) is 0 Å². The summed E-state index contributed by atoms with van der Waals surface area (Å²) in [6, 6.07) is 5.30. The first-order valence-electron chi connectivity index (χ1n) is 5.83. The van der Waals surface area contributed by atoms with Gasteiger partial charge in [-0.3, -0.25) is 9.36 Å². The van der Waals surface area contributed by atoms with E-state index in [-0.39, 0.29) is 17.5 Å². The third kappa shape index (κ3) is 3.36. The first-order chi connectivity index (χ1) is 9.45. The van der Waals surface area contributed by atoms with Crippen molar-refractivity contribution in [2.45, 2.75) is 13.5 Å². The fourth-order valence-corrected chi connectivity index (χ4v) is 1.85. The lowest BCUT2D eigenvalue weighted by molar-refractivity contribution is -0.116. The highest BCUT2D eigenvalue weighted by Gasteiger charge is 2.08. The van der Waals surface area contributed by atoms with Crippen LogP contribution >= 0.6 is 11.6 Å². The molecule has 1 amide bonds. The first-order valence-corrected chi connectivity index (χ1v) is 6.21. The predicted molar refractivity (Wildman–Crippen MR) is 77.7 cm³/mol. The van der Waals surface area contributed by atoms with Gasteiger partial charge in [0.1, 0.15) is 6.54 Å². The molecule has 0 atom stereocenters. The van der Waals surface area contributed by atoms with Crippen molar-refractivity contribution in [3.8, 4) is 0 Å². The Labute approximate surface area is 120 Å². The summed E-state index contributed by atoms with van der Waals surface area (Å²) in [5.74, 6) is -0.383. The molecular weight excluding hydrogens is 280 g/mol. The van der Waals surface area contributed by atoms with E-state index < -0.39 is 5.69 Å². The average molecular weight is 293 g/mol. The van der Waals surface area contributed by atoms with Gasteiger partial charge in [0.25, 0.3) is 0 Å². The first kappa shape index (κ1) is 14.1. The Morgan fingerprint density at radius 3 is 2.95 bits per heavy atom. The van der Waals surface area contributed by atoms with Crippen LogP contribution in [0.4, 0.5) is 11.4 Å². The third-order valence-corrected chi connectivity index (χ3v) is 2.81. The fourth-order valence-electron chi connectivity index (χ4n) is 1.68. The highest BCUT2D eigenvalue weighted by Crippen LogP contribution is 2.19. The van der Waals surface area contributed by atoms with Crippen LogP contribution in [0, 0.1) is 6.92 Å². The molecule has 0 aliphatic carbocycles. The Hall–Kier alpha value is -2.34. The van der Waals surface area contributed by atoms with Crippen molar-refractivity contribution in [1.82, 2.24) is 9.55 Å². The van der Waals surface area contributed by atoms with E-state index in [0.29, 0.717) is 11.4 Å². The molecule has 1 aromatic carbocycles. The van der Waals surface area contributed by atoms with Gasteiger partial charge in [0, 0.05) is 6.20 Å². The number of amides is 1.